The van der Waals surface area contributed by atoms with Gasteiger partial charge in [0.25, 0.3) is 5.91 Å². The summed E-state index contributed by atoms with van der Waals surface area (Å²) in [6.07, 6.45) is 5.55. The maximum Gasteiger partial charge on any atom is 0.291 e. The Balaban J connectivity index is 1.49. The number of carbonyl (C=O) groups is 2. The second kappa shape index (κ2) is 9.36. The molecule has 1 aromatic heterocycles. The quantitative estimate of drug-likeness (QED) is 0.563. The summed E-state index contributed by atoms with van der Waals surface area (Å²) in [5.74, 6) is 0.847. The minimum atomic E-state index is -1.04. The van der Waals surface area contributed by atoms with Crippen LogP contribution in [0.2, 0.25) is 0 Å². The number of ether oxygens (including phenoxy) is 1. The predicted octanol–water partition coefficient (Wildman–Crippen LogP) is 4.69. The molecule has 184 valence electrons. The van der Waals surface area contributed by atoms with Crippen molar-refractivity contribution in [3.63, 3.8) is 0 Å². The number of para-hydroxylation sites is 2. The molecular weight excluding hydrogens is 440 g/mol. The Morgan fingerprint density at radius 3 is 2.54 bits per heavy atom. The molecule has 1 aliphatic heterocycles. The van der Waals surface area contributed by atoms with Crippen LogP contribution in [-0.4, -0.2) is 44.0 Å². The normalized spacial score (nSPS) is 20.8. The number of imidazole rings is 1. The van der Waals surface area contributed by atoms with E-state index < -0.39 is 5.54 Å². The van der Waals surface area contributed by atoms with Gasteiger partial charge in [0, 0.05) is 12.6 Å². The number of rotatable bonds is 6. The van der Waals surface area contributed by atoms with Gasteiger partial charge >= 0.3 is 0 Å². The molecule has 1 fully saturated rings. The highest BCUT2D eigenvalue weighted by Crippen LogP contribution is 2.33. The molecule has 2 aliphatic rings. The predicted molar refractivity (Wildman–Crippen MR) is 135 cm³/mol. The van der Waals surface area contributed by atoms with Crippen molar-refractivity contribution >= 4 is 22.8 Å². The summed E-state index contributed by atoms with van der Waals surface area (Å²) in [5, 5.41) is 3.28. The van der Waals surface area contributed by atoms with E-state index >= 15 is 0 Å². The lowest BCUT2D eigenvalue weighted by Gasteiger charge is -2.44. The molecule has 2 aromatic carbocycles. The molecule has 3 aromatic rings. The number of hydrogen-bond donors (Lipinski definition) is 1. The van der Waals surface area contributed by atoms with Crippen molar-refractivity contribution in [3.8, 4) is 5.75 Å². The van der Waals surface area contributed by atoms with E-state index in [-0.39, 0.29) is 24.0 Å². The highest BCUT2D eigenvalue weighted by Gasteiger charge is 2.48. The maximum atomic E-state index is 13.9. The lowest BCUT2D eigenvalue weighted by Crippen LogP contribution is -2.64. The van der Waals surface area contributed by atoms with E-state index in [4.69, 9.17) is 4.74 Å². The fraction of sp³-hybridized carbons (Fsp3) is 0.464. The smallest absolute Gasteiger partial charge is 0.291 e. The lowest BCUT2D eigenvalue weighted by molar-refractivity contribution is -0.134. The van der Waals surface area contributed by atoms with Crippen LogP contribution in [0.4, 0.5) is 0 Å². The number of benzene rings is 2. The van der Waals surface area contributed by atoms with E-state index in [1.54, 1.807) is 4.90 Å². The second-order valence-corrected chi connectivity index (χ2v) is 10.3. The number of nitrogens with one attached hydrogen (secondary N) is 1. The molecule has 5 rings (SSSR count). The van der Waals surface area contributed by atoms with Crippen LogP contribution in [0.1, 0.15) is 69.1 Å². The van der Waals surface area contributed by atoms with E-state index in [0.717, 1.165) is 48.0 Å². The Hall–Kier alpha value is -3.35. The zero-order valence-corrected chi connectivity index (χ0v) is 20.8. The van der Waals surface area contributed by atoms with Gasteiger partial charge in [0.1, 0.15) is 11.3 Å². The van der Waals surface area contributed by atoms with Crippen molar-refractivity contribution < 1.29 is 14.3 Å². The number of aromatic nitrogens is 2. The van der Waals surface area contributed by atoms with Gasteiger partial charge < -0.3 is 19.5 Å². The van der Waals surface area contributed by atoms with Gasteiger partial charge in [-0.3, -0.25) is 9.59 Å². The summed E-state index contributed by atoms with van der Waals surface area (Å²) < 4.78 is 7.68. The third kappa shape index (κ3) is 4.51. The van der Waals surface area contributed by atoms with Crippen molar-refractivity contribution in [1.29, 1.82) is 0 Å². The van der Waals surface area contributed by atoms with Crippen LogP contribution in [0.3, 0.4) is 0 Å². The van der Waals surface area contributed by atoms with Gasteiger partial charge in [-0.15, -0.1) is 0 Å². The maximum absolute atomic E-state index is 13.9. The van der Waals surface area contributed by atoms with E-state index in [9.17, 15) is 9.59 Å². The summed E-state index contributed by atoms with van der Waals surface area (Å²) >= 11 is 0. The molecule has 0 saturated heterocycles. The van der Waals surface area contributed by atoms with Crippen LogP contribution in [0.5, 0.6) is 5.75 Å². The molecule has 0 unspecified atom stereocenters. The lowest BCUT2D eigenvalue weighted by atomic mass is 9.91. The van der Waals surface area contributed by atoms with E-state index in [1.165, 1.54) is 6.42 Å². The summed E-state index contributed by atoms with van der Waals surface area (Å²) in [6.45, 7) is 6.54. The third-order valence-corrected chi connectivity index (χ3v) is 7.22. The molecular formula is C28H34N4O3. The minimum absolute atomic E-state index is 0.0873. The average Bonchev–Trinajstić information content (AvgIpc) is 3.21. The molecule has 0 radical (unpaired) electrons. The fourth-order valence-corrected chi connectivity index (χ4v) is 5.29. The summed E-state index contributed by atoms with van der Waals surface area (Å²) in [5.41, 5.74) is 1.54. The molecule has 7 heteroatoms. The van der Waals surface area contributed by atoms with Crippen molar-refractivity contribution in [3.05, 3.63) is 59.9 Å². The van der Waals surface area contributed by atoms with Crippen LogP contribution in [0.15, 0.2) is 48.5 Å². The highest BCUT2D eigenvalue weighted by atomic mass is 16.5. The molecule has 2 heterocycles. The number of nitrogens with zero attached hydrogens (tertiary/aromatic N) is 3. The standard InChI is InChI=1S/C28H34N4O3/c1-19(2)35-22-15-13-20(14-16-22)17-32-26(33)25-30-23-11-7-8-12-24(23)31(25)18-28(32,3)27(34)29-21-9-5-4-6-10-21/h7-8,11-16,19,21H,4-6,9-10,17-18H2,1-3H3,(H,29,34)/t28-/m1/s1. The van der Waals surface area contributed by atoms with Gasteiger partial charge in [0.2, 0.25) is 5.91 Å². The van der Waals surface area contributed by atoms with Crippen LogP contribution in [0, 0.1) is 0 Å². The molecule has 1 N–H and O–H groups in total. The Morgan fingerprint density at radius 2 is 1.83 bits per heavy atom. The van der Waals surface area contributed by atoms with Gasteiger partial charge in [0.05, 0.1) is 23.7 Å². The second-order valence-electron chi connectivity index (χ2n) is 10.3. The summed E-state index contributed by atoms with van der Waals surface area (Å²) in [6, 6.07) is 15.6. The third-order valence-electron chi connectivity index (χ3n) is 7.22. The molecule has 1 saturated carbocycles. The van der Waals surface area contributed by atoms with Crippen LogP contribution < -0.4 is 10.1 Å². The summed E-state index contributed by atoms with van der Waals surface area (Å²) in [7, 11) is 0. The van der Waals surface area contributed by atoms with Gasteiger partial charge in [-0.1, -0.05) is 43.5 Å². The Morgan fingerprint density at radius 1 is 1.11 bits per heavy atom. The van der Waals surface area contributed by atoms with E-state index in [0.29, 0.717) is 18.9 Å². The Labute approximate surface area is 206 Å². The zero-order chi connectivity index (χ0) is 24.6. The SMILES string of the molecule is CC(C)Oc1ccc(CN2C(=O)c3nc4ccccc4n3C[C@]2(C)C(=O)NC2CCCCC2)cc1. The average molecular weight is 475 g/mol. The van der Waals surface area contributed by atoms with E-state index in [1.807, 2.05) is 73.9 Å². The first kappa shape index (κ1) is 23.4. The molecule has 0 bridgehead atoms. The minimum Gasteiger partial charge on any atom is -0.491 e. The van der Waals surface area contributed by atoms with Gasteiger partial charge in [-0.25, -0.2) is 4.98 Å². The van der Waals surface area contributed by atoms with Crippen LogP contribution in [0.25, 0.3) is 11.0 Å². The molecule has 0 spiro atoms. The van der Waals surface area contributed by atoms with Gasteiger partial charge in [0.15, 0.2) is 5.82 Å². The molecule has 2 amide bonds. The van der Waals surface area contributed by atoms with Crippen molar-refractivity contribution in [2.45, 2.75) is 83.6 Å². The van der Waals surface area contributed by atoms with Crippen molar-refractivity contribution in [2.24, 2.45) is 0 Å². The monoisotopic (exact) mass is 474 g/mol. The fourth-order valence-electron chi connectivity index (χ4n) is 5.29. The highest BCUT2D eigenvalue weighted by molar-refractivity contribution is 6.01. The van der Waals surface area contributed by atoms with Gasteiger partial charge in [-0.2, -0.15) is 0 Å². The molecule has 35 heavy (non-hydrogen) atoms. The number of amides is 2. The number of fused-ring (bicyclic) bond motifs is 3. The Bertz CT molecular complexity index is 1230. The van der Waals surface area contributed by atoms with Gasteiger partial charge in [-0.05, 0) is 63.4 Å². The van der Waals surface area contributed by atoms with E-state index in [2.05, 4.69) is 10.3 Å². The number of hydrogen-bond acceptors (Lipinski definition) is 4. The molecule has 7 nitrogen and oxygen atoms in total. The first-order valence-electron chi connectivity index (χ1n) is 12.7. The van der Waals surface area contributed by atoms with Crippen molar-refractivity contribution in [1.82, 2.24) is 19.8 Å². The molecule has 1 atom stereocenters. The van der Waals surface area contributed by atoms with Crippen LogP contribution >= 0.6 is 0 Å². The first-order chi connectivity index (χ1) is 16.8. The Kier molecular flexibility index (Phi) is 6.26. The summed E-state index contributed by atoms with van der Waals surface area (Å²) in [4.78, 5) is 34.0. The van der Waals surface area contributed by atoms with Crippen LogP contribution in [-0.2, 0) is 17.9 Å². The number of carbonyl (C=O) groups excluding carboxylic acids is 2. The first-order valence-corrected chi connectivity index (χ1v) is 12.7. The molecule has 1 aliphatic carbocycles. The topological polar surface area (TPSA) is 76.5 Å². The zero-order valence-electron chi connectivity index (χ0n) is 20.8. The van der Waals surface area contributed by atoms with Crippen molar-refractivity contribution in [2.75, 3.05) is 0 Å². The largest absolute Gasteiger partial charge is 0.491 e.